The molecule has 2 aromatic rings. The highest BCUT2D eigenvalue weighted by Gasteiger charge is 2.28. The van der Waals surface area contributed by atoms with Crippen LogP contribution in [0.5, 0.6) is 0 Å². The summed E-state index contributed by atoms with van der Waals surface area (Å²) in [5.74, 6) is 0.266. The van der Waals surface area contributed by atoms with Crippen molar-refractivity contribution in [2.75, 3.05) is 0 Å². The summed E-state index contributed by atoms with van der Waals surface area (Å²) in [5.41, 5.74) is 3.20. The quantitative estimate of drug-likeness (QED) is 0.626. The SMILES string of the molecule is Cc1ccc(-n2nc(CC(C)C)c([N+](=O)[O-])c2Cl)c(C)c1. The van der Waals surface area contributed by atoms with Gasteiger partial charge in [0.25, 0.3) is 0 Å². The first-order valence-corrected chi connectivity index (χ1v) is 7.18. The monoisotopic (exact) mass is 307 g/mol. The molecule has 0 fully saturated rings. The zero-order valence-electron chi connectivity index (χ0n) is 12.6. The van der Waals surface area contributed by atoms with E-state index in [1.54, 1.807) is 0 Å². The van der Waals surface area contributed by atoms with E-state index in [1.807, 2.05) is 45.9 Å². The van der Waals surface area contributed by atoms with Crippen LogP contribution in [0.2, 0.25) is 5.15 Å². The molecule has 5 nitrogen and oxygen atoms in total. The second kappa shape index (κ2) is 5.85. The predicted molar refractivity (Wildman–Crippen MR) is 83.2 cm³/mol. The van der Waals surface area contributed by atoms with E-state index in [1.165, 1.54) is 4.68 Å². The predicted octanol–water partition coefficient (Wildman–Crippen LogP) is 4.25. The largest absolute Gasteiger partial charge is 0.329 e. The fourth-order valence-electron chi connectivity index (χ4n) is 2.34. The Kier molecular flexibility index (Phi) is 4.32. The van der Waals surface area contributed by atoms with Crippen molar-refractivity contribution in [1.29, 1.82) is 0 Å². The minimum absolute atomic E-state index is 0.0580. The highest BCUT2D eigenvalue weighted by Crippen LogP contribution is 2.33. The van der Waals surface area contributed by atoms with Gasteiger partial charge < -0.3 is 0 Å². The third-order valence-electron chi connectivity index (χ3n) is 3.24. The first kappa shape index (κ1) is 15.5. The van der Waals surface area contributed by atoms with Crippen LogP contribution in [0, 0.1) is 29.9 Å². The molecule has 6 heteroatoms. The van der Waals surface area contributed by atoms with E-state index in [0.717, 1.165) is 16.8 Å². The maximum absolute atomic E-state index is 11.3. The third-order valence-corrected chi connectivity index (χ3v) is 3.58. The molecule has 0 amide bonds. The fraction of sp³-hybridized carbons (Fsp3) is 0.400. The van der Waals surface area contributed by atoms with Gasteiger partial charge in [0.05, 0.1) is 10.6 Å². The normalized spacial score (nSPS) is 11.1. The van der Waals surface area contributed by atoms with Gasteiger partial charge in [-0.2, -0.15) is 5.10 Å². The highest BCUT2D eigenvalue weighted by molar-refractivity contribution is 6.32. The average Bonchev–Trinajstić information content (AvgIpc) is 2.65. The maximum atomic E-state index is 11.3. The summed E-state index contributed by atoms with van der Waals surface area (Å²) in [4.78, 5) is 10.8. The van der Waals surface area contributed by atoms with Crippen molar-refractivity contribution in [3.05, 3.63) is 50.3 Å². The number of hydrogen-bond donors (Lipinski definition) is 0. The molecule has 0 atom stereocenters. The fourth-order valence-corrected chi connectivity index (χ4v) is 2.65. The van der Waals surface area contributed by atoms with Crippen LogP contribution in [0.4, 0.5) is 5.69 Å². The number of rotatable bonds is 4. The van der Waals surface area contributed by atoms with Crippen molar-refractivity contribution in [3.63, 3.8) is 0 Å². The third kappa shape index (κ3) is 3.08. The zero-order valence-corrected chi connectivity index (χ0v) is 13.3. The molecular weight excluding hydrogens is 290 g/mol. The Morgan fingerprint density at radius 1 is 1.38 bits per heavy atom. The Balaban J connectivity index is 2.62. The van der Waals surface area contributed by atoms with Gasteiger partial charge >= 0.3 is 5.69 Å². The van der Waals surface area contributed by atoms with Crippen LogP contribution in [-0.4, -0.2) is 14.7 Å². The topological polar surface area (TPSA) is 61.0 Å². The van der Waals surface area contributed by atoms with Crippen LogP contribution in [0.3, 0.4) is 0 Å². The summed E-state index contributed by atoms with van der Waals surface area (Å²) in [6.07, 6.45) is 0.522. The molecule has 0 aliphatic rings. The number of nitrogens with zero attached hydrogens (tertiary/aromatic N) is 3. The number of aromatic nitrogens is 2. The second-order valence-corrected chi connectivity index (χ2v) is 6.00. The van der Waals surface area contributed by atoms with Crippen LogP contribution >= 0.6 is 11.6 Å². The van der Waals surface area contributed by atoms with Gasteiger partial charge in [-0.1, -0.05) is 43.1 Å². The van der Waals surface area contributed by atoms with Crippen molar-refractivity contribution >= 4 is 17.3 Å². The maximum Gasteiger partial charge on any atom is 0.329 e. The molecule has 0 bridgehead atoms. The summed E-state index contributed by atoms with van der Waals surface area (Å²) in [7, 11) is 0. The molecule has 0 spiro atoms. The highest BCUT2D eigenvalue weighted by atomic mass is 35.5. The van der Waals surface area contributed by atoms with Crippen molar-refractivity contribution in [2.45, 2.75) is 34.1 Å². The minimum atomic E-state index is -0.451. The lowest BCUT2D eigenvalue weighted by Crippen LogP contribution is -2.02. The van der Waals surface area contributed by atoms with E-state index < -0.39 is 4.92 Å². The van der Waals surface area contributed by atoms with Crippen LogP contribution in [-0.2, 0) is 6.42 Å². The van der Waals surface area contributed by atoms with Gasteiger partial charge in [-0.25, -0.2) is 4.68 Å². The Hall–Kier alpha value is -1.88. The van der Waals surface area contributed by atoms with Gasteiger partial charge in [0.2, 0.25) is 5.15 Å². The van der Waals surface area contributed by atoms with Crippen molar-refractivity contribution in [2.24, 2.45) is 5.92 Å². The van der Waals surface area contributed by atoms with E-state index in [4.69, 9.17) is 11.6 Å². The van der Waals surface area contributed by atoms with E-state index in [2.05, 4.69) is 5.10 Å². The molecule has 0 saturated heterocycles. The molecule has 0 radical (unpaired) electrons. The number of nitro groups is 1. The molecule has 21 heavy (non-hydrogen) atoms. The summed E-state index contributed by atoms with van der Waals surface area (Å²) >= 11 is 6.21. The van der Waals surface area contributed by atoms with Gasteiger partial charge in [-0.15, -0.1) is 0 Å². The molecule has 0 unspecified atom stereocenters. The summed E-state index contributed by atoms with van der Waals surface area (Å²) < 4.78 is 1.46. The van der Waals surface area contributed by atoms with Crippen molar-refractivity contribution < 1.29 is 4.92 Å². The van der Waals surface area contributed by atoms with E-state index in [-0.39, 0.29) is 16.8 Å². The lowest BCUT2D eigenvalue weighted by molar-refractivity contribution is -0.385. The smallest absolute Gasteiger partial charge is 0.258 e. The molecule has 2 rings (SSSR count). The molecule has 0 aliphatic heterocycles. The van der Waals surface area contributed by atoms with E-state index in [9.17, 15) is 10.1 Å². The van der Waals surface area contributed by atoms with Crippen LogP contribution in [0.15, 0.2) is 18.2 Å². The lowest BCUT2D eigenvalue weighted by Gasteiger charge is -2.07. The first-order chi connectivity index (χ1) is 9.81. The van der Waals surface area contributed by atoms with Crippen molar-refractivity contribution in [3.8, 4) is 5.69 Å². The van der Waals surface area contributed by atoms with Crippen molar-refractivity contribution in [1.82, 2.24) is 9.78 Å². The molecule has 112 valence electrons. The molecule has 0 N–H and O–H groups in total. The minimum Gasteiger partial charge on any atom is -0.258 e. The first-order valence-electron chi connectivity index (χ1n) is 6.80. The van der Waals surface area contributed by atoms with Gasteiger partial charge in [0, 0.05) is 6.42 Å². The van der Waals surface area contributed by atoms with Crippen LogP contribution < -0.4 is 0 Å². The Morgan fingerprint density at radius 2 is 2.05 bits per heavy atom. The lowest BCUT2D eigenvalue weighted by atomic mass is 10.1. The Bertz CT molecular complexity index is 692. The van der Waals surface area contributed by atoms with Gasteiger partial charge in [0.15, 0.2) is 0 Å². The van der Waals surface area contributed by atoms with Crippen LogP contribution in [0.1, 0.15) is 30.7 Å². The second-order valence-electron chi connectivity index (χ2n) is 5.64. The van der Waals surface area contributed by atoms with Gasteiger partial charge in [0.1, 0.15) is 5.69 Å². The van der Waals surface area contributed by atoms with Gasteiger partial charge in [-0.05, 0) is 31.4 Å². The van der Waals surface area contributed by atoms with Gasteiger partial charge in [-0.3, -0.25) is 10.1 Å². The molecular formula is C15H18ClN3O2. The molecule has 1 aromatic carbocycles. The molecule has 1 heterocycles. The molecule has 0 aliphatic carbocycles. The standard InChI is InChI=1S/C15H18ClN3O2/c1-9(2)7-12-14(19(20)21)15(16)18(17-12)13-6-5-10(3)8-11(13)4/h5-6,8-9H,7H2,1-4H3. The van der Waals surface area contributed by atoms with Crippen LogP contribution in [0.25, 0.3) is 5.69 Å². The Morgan fingerprint density at radius 3 is 2.57 bits per heavy atom. The molecule has 0 saturated carbocycles. The number of halogens is 1. The van der Waals surface area contributed by atoms with E-state index >= 15 is 0 Å². The summed E-state index contributed by atoms with van der Waals surface area (Å²) in [5, 5.41) is 15.7. The van der Waals surface area contributed by atoms with E-state index in [0.29, 0.717) is 12.1 Å². The molecule has 1 aromatic heterocycles. The number of benzene rings is 1. The summed E-state index contributed by atoms with van der Waals surface area (Å²) in [6.45, 7) is 7.92. The Labute approximate surface area is 128 Å². The zero-order chi connectivity index (χ0) is 15.7. The summed E-state index contributed by atoms with van der Waals surface area (Å²) in [6, 6.07) is 5.82. The number of hydrogen-bond acceptors (Lipinski definition) is 3. The average molecular weight is 308 g/mol. The number of aryl methyl sites for hydroxylation is 2.